The van der Waals surface area contributed by atoms with Gasteiger partial charge in [0.05, 0.1) is 16.5 Å². The van der Waals surface area contributed by atoms with Crippen LogP contribution in [0.5, 0.6) is 0 Å². The molecule has 0 aliphatic carbocycles. The van der Waals surface area contributed by atoms with Gasteiger partial charge in [0.1, 0.15) is 17.5 Å². The summed E-state index contributed by atoms with van der Waals surface area (Å²) in [6.07, 6.45) is 3.14. The van der Waals surface area contributed by atoms with Crippen molar-refractivity contribution in [2.24, 2.45) is 0 Å². The summed E-state index contributed by atoms with van der Waals surface area (Å²) in [4.78, 5) is 36.0. The zero-order chi connectivity index (χ0) is 20.5. The Balaban J connectivity index is 1.63. The Morgan fingerprint density at radius 3 is 2.76 bits per heavy atom. The molecule has 8 nitrogen and oxygen atoms in total. The second-order valence-electron chi connectivity index (χ2n) is 7.14. The highest BCUT2D eigenvalue weighted by atomic mass is 35.5. The Bertz CT molecular complexity index is 979. The highest BCUT2D eigenvalue weighted by Gasteiger charge is 2.35. The van der Waals surface area contributed by atoms with Crippen LogP contribution < -0.4 is 21.3 Å². The van der Waals surface area contributed by atoms with Crippen LogP contribution >= 0.6 is 11.6 Å². The first-order chi connectivity index (χ1) is 13.9. The van der Waals surface area contributed by atoms with Gasteiger partial charge >= 0.3 is 0 Å². The van der Waals surface area contributed by atoms with E-state index < -0.39 is 17.6 Å². The van der Waals surface area contributed by atoms with Crippen LogP contribution in [0.1, 0.15) is 37.2 Å². The van der Waals surface area contributed by atoms with Gasteiger partial charge in [0.25, 0.3) is 0 Å². The average Bonchev–Trinajstić information content (AvgIpc) is 2.70. The number of fused-ring (bicyclic) bond motifs is 1. The molecule has 0 radical (unpaired) electrons. The van der Waals surface area contributed by atoms with E-state index in [-0.39, 0.29) is 29.0 Å². The summed E-state index contributed by atoms with van der Waals surface area (Å²) in [7, 11) is 0. The van der Waals surface area contributed by atoms with Crippen molar-refractivity contribution in [2.45, 2.75) is 31.6 Å². The number of anilines is 4. The quantitative estimate of drug-likeness (QED) is 0.706. The first kappa shape index (κ1) is 19.4. The van der Waals surface area contributed by atoms with Crippen LogP contribution in [-0.2, 0) is 9.59 Å². The molecular formula is C19H20ClFN6O2. The van der Waals surface area contributed by atoms with Crippen molar-refractivity contribution in [1.29, 1.82) is 0 Å². The smallest absolute Gasteiger partial charge is 0.232 e. The zero-order valence-electron chi connectivity index (χ0n) is 15.5. The lowest BCUT2D eigenvalue weighted by Gasteiger charge is -2.30. The molecule has 0 saturated carbocycles. The Labute approximate surface area is 171 Å². The minimum absolute atomic E-state index is 0.0929. The molecule has 4 rings (SSSR count). The molecule has 29 heavy (non-hydrogen) atoms. The summed E-state index contributed by atoms with van der Waals surface area (Å²) in [6, 6.07) is 3.85. The molecule has 4 N–H and O–H groups in total. The molecule has 3 heterocycles. The van der Waals surface area contributed by atoms with E-state index in [0.29, 0.717) is 17.2 Å². The van der Waals surface area contributed by atoms with E-state index in [2.05, 4.69) is 20.6 Å². The van der Waals surface area contributed by atoms with Crippen LogP contribution in [0.2, 0.25) is 5.02 Å². The SMILES string of the molecule is Nc1nc(N2CCCCC2)nc2c1[C@@H](C(=O)Nc1ccc(F)c(Cl)c1)CC(=O)N2. The van der Waals surface area contributed by atoms with E-state index in [4.69, 9.17) is 17.3 Å². The molecule has 152 valence electrons. The molecular weight excluding hydrogens is 399 g/mol. The van der Waals surface area contributed by atoms with Gasteiger partial charge in [0.15, 0.2) is 0 Å². The standard InChI is InChI=1S/C19H20ClFN6O2/c20-12-8-10(4-5-13(12)21)23-18(29)11-9-14(28)24-17-15(11)16(22)25-19(26-17)27-6-2-1-3-7-27/h4-5,8,11H,1-3,6-7,9H2,(H,23,29)(H3,22,24,25,26,28)/t11-/m0/s1. The maximum absolute atomic E-state index is 13.3. The van der Waals surface area contributed by atoms with Gasteiger partial charge in [-0.2, -0.15) is 9.97 Å². The first-order valence-corrected chi connectivity index (χ1v) is 9.78. The topological polar surface area (TPSA) is 113 Å². The molecule has 2 aliphatic rings. The minimum atomic E-state index is -0.863. The molecule has 2 aliphatic heterocycles. The third kappa shape index (κ3) is 3.95. The van der Waals surface area contributed by atoms with E-state index in [9.17, 15) is 14.0 Å². The molecule has 0 spiro atoms. The van der Waals surface area contributed by atoms with Crippen LogP contribution in [-0.4, -0.2) is 34.9 Å². The zero-order valence-corrected chi connectivity index (χ0v) is 16.3. The van der Waals surface area contributed by atoms with Crippen LogP contribution in [0.4, 0.5) is 27.7 Å². The van der Waals surface area contributed by atoms with Crippen molar-refractivity contribution < 1.29 is 14.0 Å². The predicted octanol–water partition coefficient (Wildman–Crippen LogP) is 2.91. The maximum atomic E-state index is 13.3. The monoisotopic (exact) mass is 418 g/mol. The number of rotatable bonds is 3. The van der Waals surface area contributed by atoms with Crippen LogP contribution in [0.3, 0.4) is 0 Å². The minimum Gasteiger partial charge on any atom is -0.383 e. The maximum Gasteiger partial charge on any atom is 0.232 e. The summed E-state index contributed by atoms with van der Waals surface area (Å²) < 4.78 is 13.3. The number of hydrogen-bond donors (Lipinski definition) is 3. The number of amides is 2. The van der Waals surface area contributed by atoms with Gasteiger partial charge in [0, 0.05) is 25.2 Å². The normalized spacial score (nSPS) is 18.8. The van der Waals surface area contributed by atoms with E-state index in [1.54, 1.807) is 0 Å². The summed E-state index contributed by atoms with van der Waals surface area (Å²) in [6.45, 7) is 1.64. The number of nitrogen functional groups attached to an aromatic ring is 1. The van der Waals surface area contributed by atoms with Crippen molar-refractivity contribution in [3.8, 4) is 0 Å². The van der Waals surface area contributed by atoms with E-state index in [1.807, 2.05) is 4.90 Å². The predicted molar refractivity (Wildman–Crippen MR) is 109 cm³/mol. The van der Waals surface area contributed by atoms with Crippen LogP contribution in [0.15, 0.2) is 18.2 Å². The number of carbonyl (C=O) groups excluding carboxylic acids is 2. The van der Waals surface area contributed by atoms with E-state index in [0.717, 1.165) is 38.4 Å². The van der Waals surface area contributed by atoms with Crippen LogP contribution in [0, 0.1) is 5.82 Å². The van der Waals surface area contributed by atoms with Crippen molar-refractivity contribution in [3.63, 3.8) is 0 Å². The fourth-order valence-corrected chi connectivity index (χ4v) is 3.83. The van der Waals surface area contributed by atoms with Crippen molar-refractivity contribution in [1.82, 2.24) is 9.97 Å². The summed E-state index contributed by atoms with van der Waals surface area (Å²) in [5.41, 5.74) is 6.88. The summed E-state index contributed by atoms with van der Waals surface area (Å²) >= 11 is 5.77. The molecule has 1 atom stereocenters. The van der Waals surface area contributed by atoms with E-state index in [1.165, 1.54) is 12.1 Å². The summed E-state index contributed by atoms with van der Waals surface area (Å²) in [5.74, 6) is -1.39. The largest absolute Gasteiger partial charge is 0.383 e. The number of halogens is 2. The lowest BCUT2D eigenvalue weighted by molar-refractivity contribution is -0.123. The Kier molecular flexibility index (Phi) is 5.23. The lowest BCUT2D eigenvalue weighted by atomic mass is 9.92. The Morgan fingerprint density at radius 1 is 1.28 bits per heavy atom. The van der Waals surface area contributed by atoms with Gasteiger partial charge in [-0.1, -0.05) is 11.6 Å². The molecule has 1 saturated heterocycles. The number of piperidine rings is 1. The van der Waals surface area contributed by atoms with Gasteiger partial charge in [0.2, 0.25) is 17.8 Å². The number of nitrogens with zero attached hydrogens (tertiary/aromatic N) is 3. The van der Waals surface area contributed by atoms with Gasteiger partial charge < -0.3 is 21.3 Å². The fraction of sp³-hybridized carbons (Fsp3) is 0.368. The number of nitrogens with one attached hydrogen (secondary N) is 2. The van der Waals surface area contributed by atoms with Gasteiger partial charge in [-0.15, -0.1) is 0 Å². The highest BCUT2D eigenvalue weighted by molar-refractivity contribution is 6.31. The fourth-order valence-electron chi connectivity index (χ4n) is 3.65. The molecule has 10 heteroatoms. The Morgan fingerprint density at radius 2 is 2.03 bits per heavy atom. The van der Waals surface area contributed by atoms with Crippen LogP contribution in [0.25, 0.3) is 0 Å². The second-order valence-corrected chi connectivity index (χ2v) is 7.55. The van der Waals surface area contributed by atoms with Gasteiger partial charge in [-0.3, -0.25) is 9.59 Å². The third-order valence-corrected chi connectivity index (χ3v) is 5.39. The average molecular weight is 419 g/mol. The summed E-state index contributed by atoms with van der Waals surface area (Å²) in [5, 5.41) is 5.24. The van der Waals surface area contributed by atoms with Gasteiger partial charge in [-0.25, -0.2) is 4.39 Å². The number of aromatic nitrogens is 2. The second kappa shape index (κ2) is 7.82. The van der Waals surface area contributed by atoms with Crippen molar-refractivity contribution in [3.05, 3.63) is 34.6 Å². The highest BCUT2D eigenvalue weighted by Crippen LogP contribution is 2.37. The van der Waals surface area contributed by atoms with E-state index >= 15 is 0 Å². The molecule has 2 aromatic rings. The Hall–Kier alpha value is -2.94. The number of carbonyl (C=O) groups is 2. The van der Waals surface area contributed by atoms with Gasteiger partial charge in [-0.05, 0) is 37.5 Å². The van der Waals surface area contributed by atoms with Crippen molar-refractivity contribution in [2.75, 3.05) is 34.4 Å². The molecule has 2 amide bonds. The third-order valence-electron chi connectivity index (χ3n) is 5.10. The number of hydrogen-bond acceptors (Lipinski definition) is 6. The number of nitrogens with two attached hydrogens (primary N) is 1. The molecule has 0 unspecified atom stereocenters. The molecule has 1 aromatic heterocycles. The van der Waals surface area contributed by atoms with Crippen molar-refractivity contribution >= 4 is 46.7 Å². The molecule has 0 bridgehead atoms. The molecule has 1 fully saturated rings. The number of benzene rings is 1. The lowest BCUT2D eigenvalue weighted by Crippen LogP contribution is -2.35. The molecule has 1 aromatic carbocycles. The first-order valence-electron chi connectivity index (χ1n) is 9.40.